The molecule has 0 N–H and O–H groups in total. The average Bonchev–Trinajstić information content (AvgIpc) is 2.85. The predicted octanol–water partition coefficient (Wildman–Crippen LogP) is 1.42. The van der Waals surface area contributed by atoms with E-state index in [0.717, 1.165) is 5.75 Å². The SMILES string of the molecule is CCN(CC)S(=O)(=O)N1CCN(C(=O)C2CCN(C(=O)CCOc3ccccc3)CC2)CC1. The fourth-order valence-corrected chi connectivity index (χ4v) is 6.02. The van der Waals surface area contributed by atoms with Crippen LogP contribution in [0.1, 0.15) is 33.1 Å². The highest BCUT2D eigenvalue weighted by Gasteiger charge is 2.35. The molecule has 0 radical (unpaired) electrons. The third kappa shape index (κ3) is 6.45. The van der Waals surface area contributed by atoms with E-state index in [-0.39, 0.29) is 17.7 Å². The highest BCUT2D eigenvalue weighted by atomic mass is 32.2. The molecule has 0 atom stereocenters. The van der Waals surface area contributed by atoms with Crippen LogP contribution in [0.5, 0.6) is 5.75 Å². The van der Waals surface area contributed by atoms with Gasteiger partial charge < -0.3 is 14.5 Å². The first kappa shape index (κ1) is 25.5. The quantitative estimate of drug-likeness (QED) is 0.533. The van der Waals surface area contributed by atoms with Gasteiger partial charge in [-0.15, -0.1) is 0 Å². The van der Waals surface area contributed by atoms with Crippen molar-refractivity contribution in [3.05, 3.63) is 30.3 Å². The molecule has 2 aliphatic rings. The van der Waals surface area contributed by atoms with E-state index in [9.17, 15) is 18.0 Å². The van der Waals surface area contributed by atoms with Gasteiger partial charge in [0, 0.05) is 58.3 Å². The Morgan fingerprint density at radius 1 is 0.939 bits per heavy atom. The standard InChI is InChI=1S/C23H36N4O5S/c1-3-26(4-2)33(30,31)27-17-15-25(16-18-27)23(29)20-10-13-24(14-11-20)22(28)12-19-32-21-8-6-5-7-9-21/h5-9,20H,3-4,10-19H2,1-2H3. The van der Waals surface area contributed by atoms with Crippen LogP contribution in [0.15, 0.2) is 30.3 Å². The number of benzene rings is 1. The normalized spacial score (nSPS) is 18.5. The van der Waals surface area contributed by atoms with Crippen molar-refractivity contribution in [2.75, 3.05) is 59.0 Å². The molecule has 0 saturated carbocycles. The lowest BCUT2D eigenvalue weighted by atomic mass is 9.95. The predicted molar refractivity (Wildman–Crippen MR) is 126 cm³/mol. The number of carbonyl (C=O) groups is 2. The second-order valence-corrected chi connectivity index (χ2v) is 10.3. The summed E-state index contributed by atoms with van der Waals surface area (Å²) >= 11 is 0. The number of para-hydroxylation sites is 1. The maximum atomic E-state index is 13.0. The first-order valence-electron chi connectivity index (χ1n) is 11.9. The maximum absolute atomic E-state index is 13.0. The van der Waals surface area contributed by atoms with Crippen LogP contribution < -0.4 is 4.74 Å². The molecule has 0 bridgehead atoms. The third-order valence-corrected chi connectivity index (χ3v) is 8.62. The number of amides is 2. The Kier molecular flexibility index (Phi) is 9.10. The zero-order chi connectivity index (χ0) is 23.8. The molecule has 33 heavy (non-hydrogen) atoms. The van der Waals surface area contributed by atoms with E-state index in [0.29, 0.717) is 78.2 Å². The van der Waals surface area contributed by atoms with Gasteiger partial charge in [0.1, 0.15) is 5.75 Å². The van der Waals surface area contributed by atoms with Crippen LogP contribution in [0.4, 0.5) is 0 Å². The smallest absolute Gasteiger partial charge is 0.282 e. The van der Waals surface area contributed by atoms with Crippen molar-refractivity contribution in [2.24, 2.45) is 5.92 Å². The summed E-state index contributed by atoms with van der Waals surface area (Å²) in [7, 11) is -3.47. The average molecular weight is 481 g/mol. The summed E-state index contributed by atoms with van der Waals surface area (Å²) in [4.78, 5) is 29.1. The van der Waals surface area contributed by atoms with Crippen molar-refractivity contribution in [2.45, 2.75) is 33.1 Å². The fraction of sp³-hybridized carbons (Fsp3) is 0.652. The van der Waals surface area contributed by atoms with E-state index in [1.807, 2.05) is 49.1 Å². The number of rotatable bonds is 9. The van der Waals surface area contributed by atoms with Gasteiger partial charge in [0.2, 0.25) is 11.8 Å². The van der Waals surface area contributed by atoms with Gasteiger partial charge in [0.05, 0.1) is 13.0 Å². The second kappa shape index (κ2) is 11.8. The van der Waals surface area contributed by atoms with E-state index >= 15 is 0 Å². The van der Waals surface area contributed by atoms with Crippen molar-refractivity contribution < 1.29 is 22.7 Å². The third-order valence-electron chi connectivity index (χ3n) is 6.43. The van der Waals surface area contributed by atoms with Crippen LogP contribution in [-0.4, -0.2) is 97.6 Å². The van der Waals surface area contributed by atoms with Gasteiger partial charge in [-0.3, -0.25) is 9.59 Å². The molecule has 9 nitrogen and oxygen atoms in total. The molecular weight excluding hydrogens is 444 g/mol. The van der Waals surface area contributed by atoms with Crippen LogP contribution in [0.3, 0.4) is 0 Å². The van der Waals surface area contributed by atoms with Crippen LogP contribution in [-0.2, 0) is 19.8 Å². The van der Waals surface area contributed by atoms with Crippen LogP contribution in [0, 0.1) is 5.92 Å². The van der Waals surface area contributed by atoms with Crippen LogP contribution in [0.2, 0.25) is 0 Å². The first-order valence-corrected chi connectivity index (χ1v) is 13.3. The Hall–Kier alpha value is -2.17. The summed E-state index contributed by atoms with van der Waals surface area (Å²) in [5.74, 6) is 0.765. The topological polar surface area (TPSA) is 90.5 Å². The van der Waals surface area contributed by atoms with Crippen molar-refractivity contribution in [1.29, 1.82) is 0 Å². The molecule has 2 amide bonds. The zero-order valence-corrected chi connectivity index (χ0v) is 20.5. The number of hydrogen-bond donors (Lipinski definition) is 0. The zero-order valence-electron chi connectivity index (χ0n) is 19.7. The lowest BCUT2D eigenvalue weighted by Gasteiger charge is -2.39. The summed E-state index contributed by atoms with van der Waals surface area (Å²) in [5, 5.41) is 0. The summed E-state index contributed by atoms with van der Waals surface area (Å²) in [5.41, 5.74) is 0. The molecule has 1 aromatic rings. The minimum Gasteiger partial charge on any atom is -0.493 e. The lowest BCUT2D eigenvalue weighted by molar-refractivity contribution is -0.141. The van der Waals surface area contributed by atoms with Crippen molar-refractivity contribution in [1.82, 2.24) is 18.4 Å². The van der Waals surface area contributed by atoms with Gasteiger partial charge in [0.25, 0.3) is 10.2 Å². The maximum Gasteiger partial charge on any atom is 0.282 e. The monoisotopic (exact) mass is 480 g/mol. The summed E-state index contributed by atoms with van der Waals surface area (Å²) < 4.78 is 33.9. The molecule has 2 heterocycles. The van der Waals surface area contributed by atoms with Gasteiger partial charge in [-0.1, -0.05) is 32.0 Å². The molecular formula is C23H36N4O5S. The lowest BCUT2D eigenvalue weighted by Crippen LogP contribution is -2.55. The van der Waals surface area contributed by atoms with Gasteiger partial charge in [-0.05, 0) is 25.0 Å². The molecule has 2 saturated heterocycles. The molecule has 0 unspecified atom stereocenters. The molecule has 0 spiro atoms. The number of piperazine rings is 1. The van der Waals surface area contributed by atoms with Gasteiger partial charge in [-0.2, -0.15) is 17.0 Å². The summed E-state index contributed by atoms with van der Waals surface area (Å²) in [6.07, 6.45) is 1.60. The number of carbonyl (C=O) groups excluding carboxylic acids is 2. The largest absolute Gasteiger partial charge is 0.493 e. The number of hydrogen-bond acceptors (Lipinski definition) is 5. The Morgan fingerprint density at radius 3 is 2.12 bits per heavy atom. The molecule has 1 aromatic carbocycles. The number of ether oxygens (including phenoxy) is 1. The minimum absolute atomic E-state index is 0.0482. The number of piperidine rings is 1. The minimum atomic E-state index is -3.47. The van der Waals surface area contributed by atoms with Crippen molar-refractivity contribution in [3.8, 4) is 5.75 Å². The molecule has 3 rings (SSSR count). The van der Waals surface area contributed by atoms with E-state index < -0.39 is 10.2 Å². The van der Waals surface area contributed by atoms with E-state index in [2.05, 4.69) is 0 Å². The van der Waals surface area contributed by atoms with E-state index in [1.165, 1.54) is 8.61 Å². The summed E-state index contributed by atoms with van der Waals surface area (Å²) in [6.45, 7) is 7.47. The fourth-order valence-electron chi connectivity index (χ4n) is 4.42. The highest BCUT2D eigenvalue weighted by molar-refractivity contribution is 7.86. The number of likely N-dealkylation sites (tertiary alicyclic amines) is 1. The Labute approximate surface area is 197 Å². The van der Waals surface area contributed by atoms with E-state index in [1.54, 1.807) is 4.90 Å². The second-order valence-electron chi connectivity index (χ2n) is 8.38. The molecule has 0 aliphatic carbocycles. The van der Waals surface area contributed by atoms with Crippen molar-refractivity contribution >= 4 is 22.0 Å². The van der Waals surface area contributed by atoms with Gasteiger partial charge in [-0.25, -0.2) is 0 Å². The van der Waals surface area contributed by atoms with E-state index in [4.69, 9.17) is 4.74 Å². The van der Waals surface area contributed by atoms with Gasteiger partial charge >= 0.3 is 0 Å². The Bertz CT molecular complexity index is 875. The first-order chi connectivity index (χ1) is 15.9. The molecule has 2 fully saturated rings. The Balaban J connectivity index is 1.40. The molecule has 10 heteroatoms. The van der Waals surface area contributed by atoms with Gasteiger partial charge in [0.15, 0.2) is 0 Å². The number of nitrogens with zero attached hydrogens (tertiary/aromatic N) is 4. The molecule has 184 valence electrons. The van der Waals surface area contributed by atoms with Crippen molar-refractivity contribution in [3.63, 3.8) is 0 Å². The molecule has 0 aromatic heterocycles. The summed E-state index contributed by atoms with van der Waals surface area (Å²) in [6, 6.07) is 9.42. The Morgan fingerprint density at radius 2 is 1.55 bits per heavy atom. The highest BCUT2D eigenvalue weighted by Crippen LogP contribution is 2.22. The molecule has 2 aliphatic heterocycles. The van der Waals surface area contributed by atoms with Crippen LogP contribution in [0.25, 0.3) is 0 Å². The van der Waals surface area contributed by atoms with Crippen LogP contribution >= 0.6 is 0 Å².